The molecule has 0 fully saturated rings. The van der Waals surface area contributed by atoms with Gasteiger partial charge in [-0.05, 0) is 68.1 Å². The minimum atomic E-state index is 0. The van der Waals surface area contributed by atoms with Gasteiger partial charge in [-0.15, -0.1) is 11.0 Å². The standard InChI is InChI=1S/C44H28N3.Pt/c1-5-13-29(14-6-1)41-33-21-22-34(33)42(30-15-7-2-8-16-30)36-24-26-38(46-36)44(32-19-11-4-12-20-32)40-28-27-39(47-40)43(31-17-9-3-10-18-31)37-25-23-35(41)45-37;/h1-28H;/q-1;. The Morgan fingerprint density at radius 1 is 0.312 bits per heavy atom. The molecule has 0 saturated heterocycles. The fourth-order valence-electron chi connectivity index (χ4n) is 6.76. The molecule has 4 heterocycles. The average molecular weight is 794 g/mol. The van der Waals surface area contributed by atoms with E-state index >= 15 is 0 Å². The maximum atomic E-state index is 5.36. The summed E-state index contributed by atoms with van der Waals surface area (Å²) in [4.78, 5) is 16.0. The first-order chi connectivity index (χ1) is 23.3. The fourth-order valence-corrected chi connectivity index (χ4v) is 6.76. The van der Waals surface area contributed by atoms with Gasteiger partial charge in [0.05, 0.1) is 22.8 Å². The summed E-state index contributed by atoms with van der Waals surface area (Å²) < 4.78 is 0. The van der Waals surface area contributed by atoms with Crippen LogP contribution in [0.5, 0.6) is 0 Å². The van der Waals surface area contributed by atoms with Crippen LogP contribution in [0.25, 0.3) is 79.8 Å². The number of fused-ring (bicyclic) bond motifs is 6. The Morgan fingerprint density at radius 2 is 0.604 bits per heavy atom. The Morgan fingerprint density at radius 3 is 0.917 bits per heavy atom. The molecule has 0 amide bonds. The number of nitrogens with zero attached hydrogens (tertiary/aromatic N) is 3. The number of aromatic nitrogens is 3. The van der Waals surface area contributed by atoms with E-state index in [2.05, 4.69) is 158 Å². The van der Waals surface area contributed by atoms with E-state index in [1.165, 1.54) is 0 Å². The quantitative estimate of drug-likeness (QED) is 0.178. The second kappa shape index (κ2) is 12.5. The van der Waals surface area contributed by atoms with E-state index in [1.54, 1.807) is 0 Å². The first-order valence-corrected chi connectivity index (χ1v) is 15.9. The molecule has 9 rings (SSSR count). The fraction of sp³-hybridized carbons (Fsp3) is 0. The van der Waals surface area contributed by atoms with Crippen molar-refractivity contribution in [2.75, 3.05) is 0 Å². The summed E-state index contributed by atoms with van der Waals surface area (Å²) >= 11 is 0. The molecular weight excluding hydrogens is 766 g/mol. The molecule has 230 valence electrons. The van der Waals surface area contributed by atoms with Crippen molar-refractivity contribution in [3.8, 4) is 44.5 Å². The smallest absolute Gasteiger partial charge is 0.0722 e. The zero-order chi connectivity index (χ0) is 31.2. The molecule has 0 atom stereocenters. The SMILES string of the molecule is C1=Cc2nc1c(-c1ccccc1)c1ccc=1c(-c1ccccc1)c1nc(c(-c3ccccc3)c3ccc([n-]3)c2-c2ccccc2)C=C1.[Pt]. The molecule has 4 aliphatic rings. The molecule has 4 aromatic carbocycles. The Kier molecular flexibility index (Phi) is 7.76. The van der Waals surface area contributed by atoms with Crippen LogP contribution in [0.3, 0.4) is 0 Å². The second-order valence-corrected chi connectivity index (χ2v) is 11.8. The molecular formula is C44H28N3Pt-. The number of hydrogen-bond donors (Lipinski definition) is 0. The van der Waals surface area contributed by atoms with Crippen molar-refractivity contribution >= 4 is 35.3 Å². The maximum Gasteiger partial charge on any atom is 0.0722 e. The van der Waals surface area contributed by atoms with Crippen molar-refractivity contribution in [3.63, 3.8) is 0 Å². The third-order valence-corrected chi connectivity index (χ3v) is 8.95. The van der Waals surface area contributed by atoms with Crippen LogP contribution < -0.4 is 4.98 Å². The predicted molar refractivity (Wildman–Crippen MR) is 194 cm³/mol. The molecule has 5 aromatic rings. The first-order valence-electron chi connectivity index (χ1n) is 15.9. The van der Waals surface area contributed by atoms with Crippen LogP contribution >= 0.6 is 0 Å². The maximum absolute atomic E-state index is 5.36. The molecule has 0 radical (unpaired) electrons. The van der Waals surface area contributed by atoms with Gasteiger partial charge < -0.3 is 4.98 Å². The Balaban J connectivity index is 0.00000336. The van der Waals surface area contributed by atoms with E-state index in [9.17, 15) is 0 Å². The van der Waals surface area contributed by atoms with E-state index in [0.29, 0.717) is 0 Å². The van der Waals surface area contributed by atoms with Crippen molar-refractivity contribution in [1.82, 2.24) is 15.0 Å². The van der Waals surface area contributed by atoms with E-state index in [4.69, 9.17) is 15.0 Å². The van der Waals surface area contributed by atoms with Crippen LogP contribution in [0.1, 0.15) is 22.8 Å². The number of hydrogen-bond acceptors (Lipinski definition) is 2. The van der Waals surface area contributed by atoms with Crippen molar-refractivity contribution in [1.29, 1.82) is 0 Å². The summed E-state index contributed by atoms with van der Waals surface area (Å²) in [7, 11) is 0. The van der Waals surface area contributed by atoms with E-state index in [-0.39, 0.29) is 21.1 Å². The summed E-state index contributed by atoms with van der Waals surface area (Å²) in [6.07, 6.45) is 8.57. The molecule has 0 saturated carbocycles. The topological polar surface area (TPSA) is 39.9 Å². The number of rotatable bonds is 4. The van der Waals surface area contributed by atoms with Crippen LogP contribution in [0.15, 0.2) is 146 Å². The van der Waals surface area contributed by atoms with Crippen LogP contribution in [0.2, 0.25) is 0 Å². The Bertz CT molecular complexity index is 2360. The van der Waals surface area contributed by atoms with Gasteiger partial charge in [0.15, 0.2) is 0 Å². The van der Waals surface area contributed by atoms with Crippen molar-refractivity contribution in [2.24, 2.45) is 0 Å². The second-order valence-electron chi connectivity index (χ2n) is 11.8. The van der Waals surface area contributed by atoms with E-state index in [0.717, 1.165) is 88.8 Å². The van der Waals surface area contributed by atoms with Crippen molar-refractivity contribution < 1.29 is 21.1 Å². The van der Waals surface area contributed by atoms with Gasteiger partial charge in [0.2, 0.25) is 0 Å². The minimum absolute atomic E-state index is 0. The van der Waals surface area contributed by atoms with Gasteiger partial charge in [-0.1, -0.05) is 146 Å². The molecule has 1 aliphatic carbocycles. The zero-order valence-electron chi connectivity index (χ0n) is 25.8. The van der Waals surface area contributed by atoms with E-state index in [1.807, 2.05) is 12.1 Å². The van der Waals surface area contributed by atoms with E-state index < -0.39 is 0 Å². The summed E-state index contributed by atoms with van der Waals surface area (Å²) in [6, 6.07) is 50.7. The van der Waals surface area contributed by atoms with Gasteiger partial charge in [-0.3, -0.25) is 0 Å². The van der Waals surface area contributed by atoms with Crippen LogP contribution in [0.4, 0.5) is 0 Å². The predicted octanol–water partition coefficient (Wildman–Crippen LogP) is 10.6. The van der Waals surface area contributed by atoms with Crippen LogP contribution in [-0.2, 0) is 21.1 Å². The van der Waals surface area contributed by atoms with Gasteiger partial charge >= 0.3 is 0 Å². The van der Waals surface area contributed by atoms with Gasteiger partial charge in [0, 0.05) is 32.2 Å². The van der Waals surface area contributed by atoms with Gasteiger partial charge in [-0.25, -0.2) is 9.97 Å². The minimum Gasteiger partial charge on any atom is -0.657 e. The van der Waals surface area contributed by atoms with Gasteiger partial charge in [-0.2, -0.15) is 0 Å². The molecule has 0 unspecified atom stereocenters. The molecule has 0 N–H and O–H groups in total. The first kappa shape index (κ1) is 29.7. The Hall–Kier alpha value is -5.63. The average Bonchev–Trinajstić information content (AvgIpc) is 3.90. The van der Waals surface area contributed by atoms with Gasteiger partial charge in [0.25, 0.3) is 0 Å². The van der Waals surface area contributed by atoms with Crippen molar-refractivity contribution in [2.45, 2.75) is 0 Å². The van der Waals surface area contributed by atoms with Gasteiger partial charge in [0.1, 0.15) is 0 Å². The molecule has 4 heteroatoms. The molecule has 3 nitrogen and oxygen atoms in total. The van der Waals surface area contributed by atoms with Crippen LogP contribution in [-0.4, -0.2) is 9.97 Å². The largest absolute Gasteiger partial charge is 0.657 e. The zero-order valence-corrected chi connectivity index (χ0v) is 28.1. The third-order valence-electron chi connectivity index (χ3n) is 8.95. The molecule has 3 aliphatic heterocycles. The summed E-state index contributed by atoms with van der Waals surface area (Å²) in [5, 5.41) is 2.31. The molecule has 1 aromatic heterocycles. The molecule has 48 heavy (non-hydrogen) atoms. The normalized spacial score (nSPS) is 11.8. The summed E-state index contributed by atoms with van der Waals surface area (Å²) in [5.74, 6) is 0. The molecule has 6 bridgehead atoms. The Labute approximate surface area is 293 Å². The monoisotopic (exact) mass is 793 g/mol. The number of benzene rings is 4. The summed E-state index contributed by atoms with van der Waals surface area (Å²) in [6.45, 7) is 0. The molecule has 0 spiro atoms. The summed E-state index contributed by atoms with van der Waals surface area (Å²) in [5.41, 5.74) is 14.0. The van der Waals surface area contributed by atoms with Crippen molar-refractivity contribution in [3.05, 3.63) is 179 Å². The van der Waals surface area contributed by atoms with Crippen LogP contribution in [0, 0.1) is 10.4 Å². The third kappa shape index (κ3) is 5.14.